The second-order valence-electron chi connectivity index (χ2n) is 8.30. The van der Waals surface area contributed by atoms with Crippen LogP contribution in [0.2, 0.25) is 0 Å². The van der Waals surface area contributed by atoms with Gasteiger partial charge in [0.15, 0.2) is 0 Å². The first-order valence-corrected chi connectivity index (χ1v) is 8.67. The first-order valence-electron chi connectivity index (χ1n) is 8.67. The van der Waals surface area contributed by atoms with Crippen molar-refractivity contribution in [2.24, 2.45) is 5.41 Å². The average molecular weight is 327 g/mol. The van der Waals surface area contributed by atoms with Crippen molar-refractivity contribution in [3.8, 4) is 0 Å². The molecule has 2 aromatic rings. The number of hydrogen-bond acceptors (Lipinski definition) is 3. The summed E-state index contributed by atoms with van der Waals surface area (Å²) in [4.78, 5) is 20.6. The second kappa shape index (κ2) is 4.94. The molecule has 1 amide bonds. The van der Waals surface area contributed by atoms with Gasteiger partial charge in [-0.2, -0.15) is 5.10 Å². The molecular formula is C18H25N5O. The van der Waals surface area contributed by atoms with Gasteiger partial charge >= 0.3 is 0 Å². The van der Waals surface area contributed by atoms with Crippen molar-refractivity contribution in [1.29, 1.82) is 0 Å². The van der Waals surface area contributed by atoms with Crippen LogP contribution in [0.4, 0.5) is 0 Å². The van der Waals surface area contributed by atoms with Gasteiger partial charge in [-0.05, 0) is 44.6 Å². The van der Waals surface area contributed by atoms with Gasteiger partial charge < -0.3 is 10.3 Å². The molecule has 0 spiro atoms. The van der Waals surface area contributed by atoms with Crippen LogP contribution >= 0.6 is 0 Å². The zero-order valence-electron chi connectivity index (χ0n) is 14.9. The summed E-state index contributed by atoms with van der Waals surface area (Å²) in [5.74, 6) is 0.896. The molecule has 1 aliphatic heterocycles. The van der Waals surface area contributed by atoms with E-state index in [-0.39, 0.29) is 16.7 Å². The van der Waals surface area contributed by atoms with Crippen LogP contribution in [0.25, 0.3) is 0 Å². The van der Waals surface area contributed by atoms with Crippen LogP contribution < -0.4 is 5.32 Å². The molecule has 0 bridgehead atoms. The van der Waals surface area contributed by atoms with E-state index >= 15 is 0 Å². The van der Waals surface area contributed by atoms with Crippen LogP contribution in [0.15, 0.2) is 6.07 Å². The zero-order valence-corrected chi connectivity index (χ0v) is 14.9. The van der Waals surface area contributed by atoms with Gasteiger partial charge in [-0.1, -0.05) is 13.8 Å². The first-order chi connectivity index (χ1) is 11.3. The van der Waals surface area contributed by atoms with Gasteiger partial charge in [-0.15, -0.1) is 0 Å². The molecule has 0 saturated heterocycles. The van der Waals surface area contributed by atoms with Gasteiger partial charge in [0.05, 0.1) is 12.2 Å². The van der Waals surface area contributed by atoms with Crippen molar-refractivity contribution in [3.05, 3.63) is 34.7 Å². The van der Waals surface area contributed by atoms with E-state index in [9.17, 15) is 4.79 Å². The number of nitrogens with zero attached hydrogens (tertiary/aromatic N) is 3. The number of aromatic amines is 1. The lowest BCUT2D eigenvalue weighted by Crippen LogP contribution is -2.32. The molecule has 2 N–H and O–H groups in total. The standard InChI is InChI=1S/C18H25N5O/c1-11-7-12(2)23(22-11)10-18(5-6-18)16-20-13-8-17(3,4)9-19-15(24)14(13)21-16/h7H,5-6,8-10H2,1-4H3,(H,19,24)(H,20,21). The van der Waals surface area contributed by atoms with Gasteiger partial charge in [-0.3, -0.25) is 9.48 Å². The third kappa shape index (κ3) is 2.54. The summed E-state index contributed by atoms with van der Waals surface area (Å²) in [5, 5.41) is 7.59. The minimum Gasteiger partial charge on any atom is -0.350 e. The maximum atomic E-state index is 12.4. The Morgan fingerprint density at radius 2 is 2.04 bits per heavy atom. The molecule has 2 aromatic heterocycles. The number of hydrogen-bond donors (Lipinski definition) is 2. The highest BCUT2D eigenvalue weighted by Gasteiger charge is 2.48. The maximum Gasteiger partial charge on any atom is 0.271 e. The molecule has 0 unspecified atom stereocenters. The molecule has 6 heteroatoms. The van der Waals surface area contributed by atoms with E-state index in [1.807, 2.05) is 6.92 Å². The van der Waals surface area contributed by atoms with Gasteiger partial charge in [0.2, 0.25) is 0 Å². The number of imidazole rings is 1. The monoisotopic (exact) mass is 327 g/mol. The van der Waals surface area contributed by atoms with Gasteiger partial charge in [0, 0.05) is 23.3 Å². The highest BCUT2D eigenvalue weighted by Crippen LogP contribution is 2.49. The largest absolute Gasteiger partial charge is 0.350 e. The van der Waals surface area contributed by atoms with E-state index < -0.39 is 0 Å². The molecule has 6 nitrogen and oxygen atoms in total. The van der Waals surface area contributed by atoms with Crippen molar-refractivity contribution in [2.75, 3.05) is 6.54 Å². The van der Waals surface area contributed by atoms with Crippen molar-refractivity contribution >= 4 is 5.91 Å². The minimum atomic E-state index is -0.0556. The van der Waals surface area contributed by atoms with Crippen LogP contribution in [0, 0.1) is 19.3 Å². The fraction of sp³-hybridized carbons (Fsp3) is 0.611. The van der Waals surface area contributed by atoms with Crippen molar-refractivity contribution < 1.29 is 4.79 Å². The van der Waals surface area contributed by atoms with Crippen LogP contribution in [-0.2, 0) is 18.4 Å². The molecule has 128 valence electrons. The zero-order chi connectivity index (χ0) is 17.1. The number of aryl methyl sites for hydroxylation is 2. The SMILES string of the molecule is Cc1cc(C)n(CC2(c3nc4c([nH]3)CC(C)(C)CNC4=O)CC2)n1. The lowest BCUT2D eigenvalue weighted by atomic mass is 9.88. The second-order valence-corrected chi connectivity index (χ2v) is 8.30. The van der Waals surface area contributed by atoms with E-state index in [4.69, 9.17) is 4.98 Å². The maximum absolute atomic E-state index is 12.4. The number of H-pyrrole nitrogens is 1. The molecule has 0 radical (unpaired) electrons. The molecule has 1 fully saturated rings. The Morgan fingerprint density at radius 1 is 1.29 bits per heavy atom. The molecule has 0 aromatic carbocycles. The smallest absolute Gasteiger partial charge is 0.271 e. The molecule has 1 aliphatic carbocycles. The quantitative estimate of drug-likeness (QED) is 0.908. The van der Waals surface area contributed by atoms with E-state index in [0.29, 0.717) is 12.2 Å². The summed E-state index contributed by atoms with van der Waals surface area (Å²) in [7, 11) is 0. The summed E-state index contributed by atoms with van der Waals surface area (Å²) < 4.78 is 2.07. The van der Waals surface area contributed by atoms with Gasteiger partial charge in [0.25, 0.3) is 5.91 Å². The summed E-state index contributed by atoms with van der Waals surface area (Å²) in [6.45, 7) is 9.96. The van der Waals surface area contributed by atoms with Crippen molar-refractivity contribution in [3.63, 3.8) is 0 Å². The lowest BCUT2D eigenvalue weighted by molar-refractivity contribution is 0.0940. The average Bonchev–Trinajstić information content (AvgIpc) is 3.07. The Balaban J connectivity index is 1.67. The summed E-state index contributed by atoms with van der Waals surface area (Å²) in [6.07, 6.45) is 3.01. The van der Waals surface area contributed by atoms with E-state index in [2.05, 4.69) is 46.9 Å². The van der Waals surface area contributed by atoms with Crippen molar-refractivity contribution in [2.45, 2.75) is 58.9 Å². The topological polar surface area (TPSA) is 75.6 Å². The number of rotatable bonds is 3. The number of fused-ring (bicyclic) bond motifs is 1. The minimum absolute atomic E-state index is 0.000159. The highest BCUT2D eigenvalue weighted by atomic mass is 16.1. The lowest BCUT2D eigenvalue weighted by Gasteiger charge is -2.21. The number of carbonyl (C=O) groups excluding carboxylic acids is 1. The summed E-state index contributed by atoms with van der Waals surface area (Å²) >= 11 is 0. The number of carbonyl (C=O) groups is 1. The third-order valence-electron chi connectivity index (χ3n) is 5.29. The Hall–Kier alpha value is -2.11. The summed E-state index contributed by atoms with van der Waals surface area (Å²) in [5.41, 5.74) is 3.81. The third-order valence-corrected chi connectivity index (χ3v) is 5.29. The molecule has 24 heavy (non-hydrogen) atoms. The Bertz CT molecular complexity index is 809. The summed E-state index contributed by atoms with van der Waals surface area (Å²) in [6, 6.07) is 2.10. The normalized spacial score (nSPS) is 21.1. The highest BCUT2D eigenvalue weighted by molar-refractivity contribution is 5.94. The molecule has 2 aliphatic rings. The fourth-order valence-electron chi connectivity index (χ4n) is 3.66. The van der Waals surface area contributed by atoms with E-state index in [1.54, 1.807) is 0 Å². The molecule has 4 rings (SSSR count). The van der Waals surface area contributed by atoms with Gasteiger partial charge in [-0.25, -0.2) is 4.98 Å². The Morgan fingerprint density at radius 3 is 2.67 bits per heavy atom. The van der Waals surface area contributed by atoms with Crippen LogP contribution in [0.3, 0.4) is 0 Å². The first kappa shape index (κ1) is 15.4. The van der Waals surface area contributed by atoms with Crippen LogP contribution in [-0.4, -0.2) is 32.2 Å². The number of aromatic nitrogens is 4. The van der Waals surface area contributed by atoms with Gasteiger partial charge in [0.1, 0.15) is 11.5 Å². The van der Waals surface area contributed by atoms with Crippen LogP contribution in [0.5, 0.6) is 0 Å². The Labute approximate surface area is 142 Å². The van der Waals surface area contributed by atoms with E-state index in [1.165, 1.54) is 5.69 Å². The molecular weight excluding hydrogens is 302 g/mol. The molecule has 1 saturated carbocycles. The molecule has 0 atom stereocenters. The molecule has 3 heterocycles. The predicted molar refractivity (Wildman–Crippen MR) is 91.0 cm³/mol. The fourth-order valence-corrected chi connectivity index (χ4v) is 3.66. The number of nitrogens with one attached hydrogen (secondary N) is 2. The Kier molecular flexibility index (Phi) is 3.18. The van der Waals surface area contributed by atoms with E-state index in [0.717, 1.165) is 43.0 Å². The number of amides is 1. The van der Waals surface area contributed by atoms with Crippen LogP contribution in [0.1, 0.15) is 60.1 Å². The predicted octanol–water partition coefficient (Wildman–Crippen LogP) is 2.27. The van der Waals surface area contributed by atoms with Crippen molar-refractivity contribution in [1.82, 2.24) is 25.1 Å².